The molecule has 0 spiro atoms. The molecule has 3 heterocycles. The quantitative estimate of drug-likeness (QED) is 0.491. The maximum atomic E-state index is 12.0. The average Bonchev–Trinajstić information content (AvgIpc) is 3.37. The van der Waals surface area contributed by atoms with Gasteiger partial charge in [0, 0.05) is 22.7 Å². The smallest absolute Gasteiger partial charge is 0.226 e. The number of thiophene rings is 1. The highest BCUT2D eigenvalue weighted by Gasteiger charge is 2.41. The number of pyridine rings is 1. The zero-order valence-corrected chi connectivity index (χ0v) is 18.9. The van der Waals surface area contributed by atoms with E-state index in [1.807, 2.05) is 56.3 Å². The Balaban J connectivity index is 1.71. The topological polar surface area (TPSA) is 57.3 Å². The summed E-state index contributed by atoms with van der Waals surface area (Å²) in [6, 6.07) is 15.5. The molecular formula is C22H21ClN4OS2. The number of halogens is 1. The number of benzene rings is 1. The van der Waals surface area contributed by atoms with Gasteiger partial charge in [-0.05, 0) is 54.0 Å². The van der Waals surface area contributed by atoms with Crippen LogP contribution in [0.15, 0.2) is 60.1 Å². The third-order valence-electron chi connectivity index (χ3n) is 4.95. The fraction of sp³-hybridized carbons (Fsp3) is 0.227. The van der Waals surface area contributed by atoms with Gasteiger partial charge in [0.05, 0.1) is 28.5 Å². The summed E-state index contributed by atoms with van der Waals surface area (Å²) in [5.74, 6) is -0.201. The molecule has 3 aromatic rings. The van der Waals surface area contributed by atoms with E-state index in [1.165, 1.54) is 4.88 Å². The lowest BCUT2D eigenvalue weighted by Crippen LogP contribution is -2.29. The summed E-state index contributed by atoms with van der Waals surface area (Å²) < 4.78 is 0. The molecule has 5 nitrogen and oxygen atoms in total. The molecule has 4 rings (SSSR count). The van der Waals surface area contributed by atoms with Crippen molar-refractivity contribution in [2.75, 3.05) is 10.2 Å². The standard InChI is InChI=1S/C22H21ClN4OS2/c1-13(2)21(28)25-16-9-8-14(12-15(16)23)27-20(18-7-5-11-30-18)19(26-22(27)29)17-6-3-4-10-24-17/h3-13,19-20H,1-2H3,(H,25,28)(H,26,29)/t19-,20-/m1/s1. The molecule has 1 saturated heterocycles. The van der Waals surface area contributed by atoms with E-state index in [9.17, 15) is 4.79 Å². The van der Waals surface area contributed by atoms with Gasteiger partial charge in [-0.1, -0.05) is 37.6 Å². The van der Waals surface area contributed by atoms with Gasteiger partial charge in [-0.2, -0.15) is 0 Å². The first-order chi connectivity index (χ1) is 14.5. The number of anilines is 2. The maximum Gasteiger partial charge on any atom is 0.226 e. The molecule has 0 unspecified atom stereocenters. The Morgan fingerprint density at radius 1 is 1.27 bits per heavy atom. The Labute approximate surface area is 190 Å². The van der Waals surface area contributed by atoms with Crippen molar-refractivity contribution in [3.05, 3.63) is 75.7 Å². The van der Waals surface area contributed by atoms with Crippen molar-refractivity contribution in [1.82, 2.24) is 10.3 Å². The lowest BCUT2D eigenvalue weighted by atomic mass is 10.0. The van der Waals surface area contributed by atoms with Crippen LogP contribution in [0.4, 0.5) is 11.4 Å². The summed E-state index contributed by atoms with van der Waals surface area (Å²) >= 11 is 13.9. The Bertz CT molecular complexity index is 1060. The van der Waals surface area contributed by atoms with Gasteiger partial charge < -0.3 is 15.5 Å². The molecule has 30 heavy (non-hydrogen) atoms. The minimum Gasteiger partial charge on any atom is -0.351 e. The van der Waals surface area contributed by atoms with Gasteiger partial charge in [0.15, 0.2) is 5.11 Å². The van der Waals surface area contributed by atoms with E-state index in [1.54, 1.807) is 17.5 Å². The second-order valence-electron chi connectivity index (χ2n) is 7.32. The van der Waals surface area contributed by atoms with Crippen LogP contribution in [0.3, 0.4) is 0 Å². The second-order valence-corrected chi connectivity index (χ2v) is 9.09. The number of aromatic nitrogens is 1. The molecule has 2 N–H and O–H groups in total. The normalized spacial score (nSPS) is 18.5. The maximum absolute atomic E-state index is 12.0. The van der Waals surface area contributed by atoms with E-state index in [0.717, 1.165) is 11.4 Å². The highest BCUT2D eigenvalue weighted by atomic mass is 35.5. The van der Waals surface area contributed by atoms with Gasteiger partial charge in [0.2, 0.25) is 5.91 Å². The van der Waals surface area contributed by atoms with Crippen molar-refractivity contribution in [1.29, 1.82) is 0 Å². The molecule has 0 radical (unpaired) electrons. The van der Waals surface area contributed by atoms with Gasteiger partial charge in [-0.25, -0.2) is 0 Å². The van der Waals surface area contributed by atoms with E-state index in [-0.39, 0.29) is 23.9 Å². The second kappa shape index (κ2) is 8.71. The minimum absolute atomic E-state index is 0.0560. The van der Waals surface area contributed by atoms with E-state index in [4.69, 9.17) is 23.8 Å². The van der Waals surface area contributed by atoms with Crippen LogP contribution in [0.25, 0.3) is 0 Å². The van der Waals surface area contributed by atoms with Crippen molar-refractivity contribution in [3.8, 4) is 0 Å². The molecule has 154 valence electrons. The molecule has 8 heteroatoms. The van der Waals surface area contributed by atoms with Crippen LogP contribution in [0.5, 0.6) is 0 Å². The lowest BCUT2D eigenvalue weighted by molar-refractivity contribution is -0.118. The molecule has 0 saturated carbocycles. The predicted molar refractivity (Wildman–Crippen MR) is 127 cm³/mol. The Kier molecular flexibility index (Phi) is 6.04. The number of hydrogen-bond acceptors (Lipinski definition) is 4. The van der Waals surface area contributed by atoms with Gasteiger partial charge in [0.1, 0.15) is 0 Å². The highest BCUT2D eigenvalue weighted by molar-refractivity contribution is 7.80. The summed E-state index contributed by atoms with van der Waals surface area (Å²) in [5.41, 5.74) is 2.37. The molecule has 1 aromatic carbocycles. The van der Waals surface area contributed by atoms with E-state index in [0.29, 0.717) is 15.8 Å². The van der Waals surface area contributed by atoms with Crippen LogP contribution >= 0.6 is 35.2 Å². The van der Waals surface area contributed by atoms with Gasteiger partial charge in [0.25, 0.3) is 0 Å². The molecule has 1 aliphatic rings. The fourth-order valence-electron chi connectivity index (χ4n) is 3.41. The molecule has 0 aliphatic carbocycles. The number of hydrogen-bond donors (Lipinski definition) is 2. The van der Waals surface area contributed by atoms with Gasteiger partial charge in [-0.15, -0.1) is 11.3 Å². The third-order valence-corrected chi connectivity index (χ3v) is 6.52. The van der Waals surface area contributed by atoms with Crippen molar-refractivity contribution >= 4 is 57.5 Å². The van der Waals surface area contributed by atoms with Crippen LogP contribution < -0.4 is 15.5 Å². The molecule has 1 aliphatic heterocycles. The first-order valence-corrected chi connectivity index (χ1v) is 11.3. The monoisotopic (exact) mass is 456 g/mol. The number of amides is 1. The van der Waals surface area contributed by atoms with Crippen LogP contribution in [-0.4, -0.2) is 16.0 Å². The molecular weight excluding hydrogens is 436 g/mol. The zero-order chi connectivity index (χ0) is 21.3. The van der Waals surface area contributed by atoms with Crippen LogP contribution in [-0.2, 0) is 4.79 Å². The largest absolute Gasteiger partial charge is 0.351 e. The summed E-state index contributed by atoms with van der Waals surface area (Å²) in [6.45, 7) is 3.69. The molecule has 1 amide bonds. The van der Waals surface area contributed by atoms with Gasteiger partial charge in [-0.3, -0.25) is 9.78 Å². The van der Waals surface area contributed by atoms with Gasteiger partial charge >= 0.3 is 0 Å². The molecule has 1 fully saturated rings. The number of thiocarbonyl (C=S) groups is 1. The number of nitrogens with one attached hydrogen (secondary N) is 2. The molecule has 2 atom stereocenters. The first-order valence-electron chi connectivity index (χ1n) is 9.60. The van der Waals surface area contributed by atoms with Crippen LogP contribution in [0.2, 0.25) is 5.02 Å². The Hall–Kier alpha value is -2.48. The predicted octanol–water partition coefficient (Wildman–Crippen LogP) is 5.57. The lowest BCUT2D eigenvalue weighted by Gasteiger charge is -2.27. The Morgan fingerprint density at radius 3 is 2.73 bits per heavy atom. The zero-order valence-electron chi connectivity index (χ0n) is 16.5. The van der Waals surface area contributed by atoms with E-state index < -0.39 is 0 Å². The summed E-state index contributed by atoms with van der Waals surface area (Å²) in [4.78, 5) is 19.8. The number of rotatable bonds is 5. The number of carbonyl (C=O) groups excluding carboxylic acids is 1. The minimum atomic E-state index is -0.126. The Morgan fingerprint density at radius 2 is 2.10 bits per heavy atom. The summed E-state index contributed by atoms with van der Waals surface area (Å²) in [5, 5.41) is 9.43. The van der Waals surface area contributed by atoms with Crippen molar-refractivity contribution in [3.63, 3.8) is 0 Å². The van der Waals surface area contributed by atoms with Crippen molar-refractivity contribution < 1.29 is 4.79 Å². The fourth-order valence-corrected chi connectivity index (χ4v) is 4.83. The number of carbonyl (C=O) groups is 1. The number of nitrogens with zero attached hydrogens (tertiary/aromatic N) is 2. The highest BCUT2D eigenvalue weighted by Crippen LogP contribution is 2.44. The van der Waals surface area contributed by atoms with Crippen LogP contribution in [0.1, 0.15) is 36.5 Å². The van der Waals surface area contributed by atoms with Crippen molar-refractivity contribution in [2.45, 2.75) is 25.9 Å². The first kappa shape index (κ1) is 20.8. The molecule has 0 bridgehead atoms. The third kappa shape index (κ3) is 4.05. The van der Waals surface area contributed by atoms with Crippen molar-refractivity contribution in [2.24, 2.45) is 5.92 Å². The molecule has 2 aromatic heterocycles. The summed E-state index contributed by atoms with van der Waals surface area (Å²) in [7, 11) is 0. The summed E-state index contributed by atoms with van der Waals surface area (Å²) in [6.07, 6.45) is 1.79. The van der Waals surface area contributed by atoms with Crippen LogP contribution in [0, 0.1) is 5.92 Å². The average molecular weight is 457 g/mol. The van der Waals surface area contributed by atoms with E-state index >= 15 is 0 Å². The van der Waals surface area contributed by atoms with E-state index in [2.05, 4.69) is 32.0 Å². The SMILES string of the molecule is CC(C)C(=O)Nc1ccc(N2C(=S)N[C@H](c3ccccn3)[C@H]2c2cccs2)cc1Cl.